The van der Waals surface area contributed by atoms with Gasteiger partial charge in [0.2, 0.25) is 5.91 Å². The SMILES string of the molecule is CCC(C)(C)NC(=O)C1OCC(=O)N(C2CC2)C1c1ccc(OC)cc1. The second-order valence-electron chi connectivity index (χ2n) is 7.71. The average Bonchev–Trinajstić information content (AvgIpc) is 3.46. The van der Waals surface area contributed by atoms with Crippen LogP contribution < -0.4 is 10.1 Å². The van der Waals surface area contributed by atoms with Gasteiger partial charge in [0.05, 0.1) is 13.2 Å². The number of hydrogen-bond acceptors (Lipinski definition) is 4. The molecule has 3 rings (SSSR count). The molecule has 26 heavy (non-hydrogen) atoms. The Kier molecular flexibility index (Phi) is 5.23. The second-order valence-corrected chi connectivity index (χ2v) is 7.71. The molecular weight excluding hydrogens is 332 g/mol. The number of ether oxygens (including phenoxy) is 2. The van der Waals surface area contributed by atoms with Crippen molar-refractivity contribution in [2.24, 2.45) is 0 Å². The van der Waals surface area contributed by atoms with Crippen LogP contribution in [0, 0.1) is 0 Å². The summed E-state index contributed by atoms with van der Waals surface area (Å²) in [6.07, 6.45) is 2.05. The summed E-state index contributed by atoms with van der Waals surface area (Å²) in [5, 5.41) is 3.07. The molecule has 1 saturated carbocycles. The minimum Gasteiger partial charge on any atom is -0.497 e. The van der Waals surface area contributed by atoms with Gasteiger partial charge in [-0.05, 0) is 50.8 Å². The molecule has 2 amide bonds. The normalized spacial score (nSPS) is 23.7. The minimum atomic E-state index is -0.715. The topological polar surface area (TPSA) is 67.9 Å². The van der Waals surface area contributed by atoms with E-state index >= 15 is 0 Å². The molecule has 1 N–H and O–H groups in total. The Morgan fingerprint density at radius 2 is 1.96 bits per heavy atom. The quantitative estimate of drug-likeness (QED) is 0.846. The van der Waals surface area contributed by atoms with Crippen molar-refractivity contribution in [3.05, 3.63) is 29.8 Å². The van der Waals surface area contributed by atoms with Gasteiger partial charge < -0.3 is 19.7 Å². The van der Waals surface area contributed by atoms with Crippen LogP contribution in [0.25, 0.3) is 0 Å². The first-order valence-electron chi connectivity index (χ1n) is 9.25. The fourth-order valence-corrected chi connectivity index (χ4v) is 3.26. The zero-order valence-corrected chi connectivity index (χ0v) is 16.0. The molecule has 0 radical (unpaired) electrons. The molecule has 2 atom stereocenters. The smallest absolute Gasteiger partial charge is 0.252 e. The van der Waals surface area contributed by atoms with Crippen LogP contribution in [0.5, 0.6) is 5.75 Å². The summed E-state index contributed by atoms with van der Waals surface area (Å²) in [4.78, 5) is 27.4. The maximum absolute atomic E-state index is 13.0. The Labute approximate surface area is 154 Å². The van der Waals surface area contributed by atoms with Crippen LogP contribution in [0.2, 0.25) is 0 Å². The van der Waals surface area contributed by atoms with Gasteiger partial charge in [-0.15, -0.1) is 0 Å². The summed E-state index contributed by atoms with van der Waals surface area (Å²) in [6.45, 7) is 5.95. The molecule has 0 spiro atoms. The number of morpholine rings is 1. The van der Waals surface area contributed by atoms with Gasteiger partial charge in [0.25, 0.3) is 5.91 Å². The van der Waals surface area contributed by atoms with Crippen molar-refractivity contribution in [1.29, 1.82) is 0 Å². The minimum absolute atomic E-state index is 0.0478. The Morgan fingerprint density at radius 3 is 2.50 bits per heavy atom. The van der Waals surface area contributed by atoms with Gasteiger partial charge in [-0.1, -0.05) is 19.1 Å². The first-order valence-corrected chi connectivity index (χ1v) is 9.25. The fraction of sp³-hybridized carbons (Fsp3) is 0.600. The Balaban J connectivity index is 1.92. The van der Waals surface area contributed by atoms with Crippen LogP contribution in [-0.4, -0.2) is 48.1 Å². The number of carbonyl (C=O) groups excluding carboxylic acids is 2. The summed E-state index contributed by atoms with van der Waals surface area (Å²) < 4.78 is 11.0. The third-order valence-corrected chi connectivity index (χ3v) is 5.26. The number of hydrogen-bond donors (Lipinski definition) is 1. The van der Waals surface area contributed by atoms with Crippen molar-refractivity contribution in [3.63, 3.8) is 0 Å². The fourth-order valence-electron chi connectivity index (χ4n) is 3.26. The molecule has 2 fully saturated rings. The summed E-state index contributed by atoms with van der Waals surface area (Å²) in [7, 11) is 1.61. The van der Waals surface area contributed by atoms with Crippen molar-refractivity contribution < 1.29 is 19.1 Å². The molecule has 6 heteroatoms. The van der Waals surface area contributed by atoms with Crippen molar-refractivity contribution in [2.45, 2.75) is 63.8 Å². The highest BCUT2D eigenvalue weighted by atomic mass is 16.5. The molecule has 0 bridgehead atoms. The van der Waals surface area contributed by atoms with E-state index < -0.39 is 12.1 Å². The summed E-state index contributed by atoms with van der Waals surface area (Å²) >= 11 is 0. The summed E-state index contributed by atoms with van der Waals surface area (Å²) in [5.74, 6) is 0.519. The molecule has 2 aliphatic rings. The molecule has 142 valence electrons. The lowest BCUT2D eigenvalue weighted by molar-refractivity contribution is -0.166. The first kappa shape index (κ1) is 18.7. The largest absolute Gasteiger partial charge is 0.497 e. The monoisotopic (exact) mass is 360 g/mol. The number of carbonyl (C=O) groups is 2. The Morgan fingerprint density at radius 1 is 1.31 bits per heavy atom. The highest BCUT2D eigenvalue weighted by Crippen LogP contribution is 2.40. The van der Waals surface area contributed by atoms with Gasteiger partial charge in [-0.2, -0.15) is 0 Å². The van der Waals surface area contributed by atoms with Crippen molar-refractivity contribution in [2.75, 3.05) is 13.7 Å². The van der Waals surface area contributed by atoms with E-state index in [4.69, 9.17) is 9.47 Å². The molecule has 1 aliphatic carbocycles. The van der Waals surface area contributed by atoms with Crippen molar-refractivity contribution in [3.8, 4) is 5.75 Å². The summed E-state index contributed by atoms with van der Waals surface area (Å²) in [6, 6.07) is 7.31. The lowest BCUT2D eigenvalue weighted by atomic mass is 9.95. The van der Waals surface area contributed by atoms with Crippen LogP contribution in [-0.2, 0) is 14.3 Å². The summed E-state index contributed by atoms with van der Waals surface area (Å²) in [5.41, 5.74) is 0.566. The Bertz CT molecular complexity index is 667. The van der Waals surface area contributed by atoms with Gasteiger partial charge in [-0.3, -0.25) is 9.59 Å². The van der Waals surface area contributed by atoms with E-state index in [1.807, 2.05) is 49.9 Å². The zero-order chi connectivity index (χ0) is 18.9. The van der Waals surface area contributed by atoms with Gasteiger partial charge >= 0.3 is 0 Å². The first-order chi connectivity index (χ1) is 12.4. The van der Waals surface area contributed by atoms with E-state index in [1.165, 1.54) is 0 Å². The van der Waals surface area contributed by atoms with Crippen LogP contribution in [0.4, 0.5) is 0 Å². The van der Waals surface area contributed by atoms with E-state index in [-0.39, 0.29) is 30.0 Å². The third-order valence-electron chi connectivity index (χ3n) is 5.26. The maximum Gasteiger partial charge on any atom is 0.252 e. The number of methoxy groups -OCH3 is 1. The van der Waals surface area contributed by atoms with Crippen LogP contribution in [0.1, 0.15) is 51.6 Å². The highest BCUT2D eigenvalue weighted by molar-refractivity contribution is 5.87. The molecule has 1 heterocycles. The third kappa shape index (κ3) is 3.85. The molecular formula is C20H28N2O4. The van der Waals surface area contributed by atoms with Crippen molar-refractivity contribution >= 4 is 11.8 Å². The molecule has 1 aromatic rings. The van der Waals surface area contributed by atoms with Gasteiger partial charge in [0.15, 0.2) is 6.10 Å². The van der Waals surface area contributed by atoms with E-state index in [2.05, 4.69) is 5.32 Å². The number of benzene rings is 1. The molecule has 1 aliphatic heterocycles. The molecule has 6 nitrogen and oxygen atoms in total. The Hall–Kier alpha value is -2.08. The number of rotatable bonds is 6. The van der Waals surface area contributed by atoms with Crippen LogP contribution in [0.15, 0.2) is 24.3 Å². The predicted molar refractivity (Wildman–Crippen MR) is 97.9 cm³/mol. The average molecular weight is 360 g/mol. The van der Waals surface area contributed by atoms with Gasteiger partial charge in [0.1, 0.15) is 12.4 Å². The standard InChI is InChI=1S/C20H28N2O4/c1-5-20(2,3)21-19(24)18-17(13-6-10-15(25-4)11-7-13)22(14-8-9-14)16(23)12-26-18/h6-7,10-11,14,17-18H,5,8-9,12H2,1-4H3,(H,21,24). The second kappa shape index (κ2) is 7.27. The van der Waals surface area contributed by atoms with E-state index in [0.717, 1.165) is 30.6 Å². The maximum atomic E-state index is 13.0. The van der Waals surface area contributed by atoms with Gasteiger partial charge in [0, 0.05) is 11.6 Å². The molecule has 1 saturated heterocycles. The van der Waals surface area contributed by atoms with Crippen LogP contribution >= 0.6 is 0 Å². The molecule has 1 aromatic carbocycles. The van der Waals surface area contributed by atoms with E-state index in [1.54, 1.807) is 7.11 Å². The van der Waals surface area contributed by atoms with Crippen molar-refractivity contribution in [1.82, 2.24) is 10.2 Å². The van der Waals surface area contributed by atoms with E-state index in [9.17, 15) is 9.59 Å². The highest BCUT2D eigenvalue weighted by Gasteiger charge is 2.47. The number of nitrogens with zero attached hydrogens (tertiary/aromatic N) is 1. The van der Waals surface area contributed by atoms with Gasteiger partial charge in [-0.25, -0.2) is 0 Å². The predicted octanol–water partition coefficient (Wildman–Crippen LogP) is 2.43. The number of nitrogens with one attached hydrogen (secondary N) is 1. The number of amides is 2. The lowest BCUT2D eigenvalue weighted by Crippen LogP contribution is -2.57. The van der Waals surface area contributed by atoms with Crippen LogP contribution in [0.3, 0.4) is 0 Å². The molecule has 2 unspecified atom stereocenters. The zero-order valence-electron chi connectivity index (χ0n) is 16.0. The van der Waals surface area contributed by atoms with E-state index in [0.29, 0.717) is 0 Å². The lowest BCUT2D eigenvalue weighted by Gasteiger charge is -2.41. The molecule has 0 aromatic heterocycles.